The first-order valence-corrected chi connectivity index (χ1v) is 32.4. The van der Waals surface area contributed by atoms with Gasteiger partial charge < -0.3 is 41.2 Å². The Bertz CT molecular complexity index is 4470. The monoisotopic (exact) mass is 1290 g/mol. The Hall–Kier alpha value is -9.45. The Morgan fingerprint density at radius 3 is 1.07 bits per heavy atom. The molecular formula is C80H86BClN12O2. The lowest BCUT2D eigenvalue weighted by molar-refractivity contribution is 0.00578. The predicted octanol–water partition coefficient (Wildman–Crippen LogP) is 15.6. The summed E-state index contributed by atoms with van der Waals surface area (Å²) >= 11 is 5.38. The van der Waals surface area contributed by atoms with Gasteiger partial charge in [-0.2, -0.15) is 0 Å². The molecule has 7 heterocycles. The molecule has 0 saturated carbocycles. The third kappa shape index (κ3) is 15.0. The van der Waals surface area contributed by atoms with Gasteiger partial charge in [-0.25, -0.2) is 0 Å². The number of rotatable bonds is 6. The van der Waals surface area contributed by atoms with Crippen molar-refractivity contribution in [3.05, 3.63) is 274 Å². The average molecular weight is 1290 g/mol. The zero-order chi connectivity index (χ0) is 65.3. The predicted molar refractivity (Wildman–Crippen MR) is 397 cm³/mol. The van der Waals surface area contributed by atoms with Gasteiger partial charge in [0.2, 0.25) is 0 Å². The summed E-state index contributed by atoms with van der Waals surface area (Å²) < 4.78 is 12.6. The van der Waals surface area contributed by atoms with E-state index in [1.165, 1.54) is 82.4 Å². The van der Waals surface area contributed by atoms with Gasteiger partial charge in [0.1, 0.15) is 17.5 Å². The number of hydrogen-bond acceptors (Lipinski definition) is 14. The summed E-state index contributed by atoms with van der Waals surface area (Å²) in [6, 6.07) is 77.0. The topological polar surface area (TPSA) is 184 Å². The number of fused-ring (bicyclic) bond motifs is 6. The van der Waals surface area contributed by atoms with Crippen LogP contribution in [0.4, 0.5) is 17.5 Å². The molecule has 4 aliphatic heterocycles. The summed E-state index contributed by atoms with van der Waals surface area (Å²) in [6.45, 7) is 14.3. The summed E-state index contributed by atoms with van der Waals surface area (Å²) in [5.41, 5.74) is 33.3. The lowest BCUT2D eigenvalue weighted by atomic mass is 9.75. The molecule has 1 fully saturated rings. The molecule has 1 saturated heterocycles. The molecule has 0 bridgehead atoms. The standard InChI is InChI=1S/C26H30BNO2.2C24H22N4.C4H4ClN3.2CH4/c1-25(2)26(3,4)30-27(29-25)22-12-13-23-21(15-22)16-28(5)17-24(23)20-11-10-18-8-6-7-9-19(18)14-20;2*1-28-14-20-13-19(23-10-11-24(25)27-26-23)8-9-21(20)22(15-28)18-7-6-16-4-2-3-5-17(16)12-18;5-3-1-2-4(6)8-7-3;;/h6-15,24H,16-17H2,1-5H3;2*2-13,22H,14-15H2,1H3,(H2,25,27);1-2H,(H2,6,8);2*1H4/t;22-;;;;/m.0..../s1. The zero-order valence-corrected chi connectivity index (χ0v) is 55.0. The lowest BCUT2D eigenvalue weighted by Gasteiger charge is -2.33. The molecule has 0 amide bonds. The highest BCUT2D eigenvalue weighted by molar-refractivity contribution is 6.62. The molecule has 3 atom stereocenters. The molecule has 6 N–H and O–H groups in total. The van der Waals surface area contributed by atoms with E-state index in [4.69, 9.17) is 38.1 Å². The van der Waals surface area contributed by atoms with Gasteiger partial charge in [-0.3, -0.25) is 0 Å². The fourth-order valence-corrected chi connectivity index (χ4v) is 13.6. The Balaban J connectivity index is 0.000000137. The Morgan fingerprint density at radius 1 is 0.385 bits per heavy atom. The highest BCUT2D eigenvalue weighted by Gasteiger charge is 2.52. The molecule has 12 aromatic rings. The Morgan fingerprint density at radius 2 is 0.729 bits per heavy atom. The highest BCUT2D eigenvalue weighted by atomic mass is 35.5. The summed E-state index contributed by atoms with van der Waals surface area (Å²) in [5.74, 6) is 2.37. The van der Waals surface area contributed by atoms with Gasteiger partial charge >= 0.3 is 7.12 Å². The molecule has 2 unspecified atom stereocenters. The Kier molecular flexibility index (Phi) is 20.4. The highest BCUT2D eigenvalue weighted by Crippen LogP contribution is 2.41. The van der Waals surface area contributed by atoms with E-state index in [-0.39, 0.29) is 33.2 Å². The molecule has 3 aromatic heterocycles. The minimum Gasteiger partial charge on any atom is -0.399 e. The normalized spacial score (nSPS) is 17.8. The largest absolute Gasteiger partial charge is 0.494 e. The van der Waals surface area contributed by atoms with E-state index in [9.17, 15) is 0 Å². The maximum absolute atomic E-state index is 6.29. The van der Waals surface area contributed by atoms with E-state index < -0.39 is 0 Å². The number of halogens is 1. The van der Waals surface area contributed by atoms with Crippen LogP contribution in [-0.4, -0.2) is 104 Å². The van der Waals surface area contributed by atoms with Gasteiger partial charge in [0, 0.05) is 68.1 Å². The molecule has 96 heavy (non-hydrogen) atoms. The van der Waals surface area contributed by atoms with E-state index in [0.717, 1.165) is 67.2 Å². The first kappa shape index (κ1) is 68.0. The zero-order valence-electron chi connectivity index (χ0n) is 54.3. The second-order valence-electron chi connectivity index (χ2n) is 26.4. The number of benzene rings is 9. The van der Waals surface area contributed by atoms with Crippen molar-refractivity contribution in [2.45, 2.75) is 91.1 Å². The van der Waals surface area contributed by atoms with E-state index >= 15 is 0 Å². The van der Waals surface area contributed by atoms with Crippen molar-refractivity contribution in [3.8, 4) is 22.5 Å². The third-order valence-corrected chi connectivity index (χ3v) is 19.3. The van der Waals surface area contributed by atoms with Crippen LogP contribution in [0, 0.1) is 0 Å². The molecule has 4 aliphatic rings. The van der Waals surface area contributed by atoms with Crippen molar-refractivity contribution < 1.29 is 9.31 Å². The van der Waals surface area contributed by atoms with E-state index in [1.54, 1.807) is 24.3 Å². The quantitative estimate of drug-likeness (QED) is 0.134. The summed E-state index contributed by atoms with van der Waals surface area (Å²) in [7, 11) is 6.27. The molecule has 0 spiro atoms. The van der Waals surface area contributed by atoms with Crippen LogP contribution in [0.15, 0.2) is 218 Å². The van der Waals surface area contributed by atoms with Crippen molar-refractivity contribution in [2.75, 3.05) is 58.0 Å². The number of nitrogen functional groups attached to an aromatic ring is 3. The second-order valence-corrected chi connectivity index (χ2v) is 26.8. The average Bonchev–Trinajstić information content (AvgIpc) is 1.24. The van der Waals surface area contributed by atoms with Crippen molar-refractivity contribution in [3.63, 3.8) is 0 Å². The summed E-state index contributed by atoms with van der Waals surface area (Å²) in [5, 5.41) is 31.5. The molecule has 16 rings (SSSR count). The van der Waals surface area contributed by atoms with Crippen LogP contribution < -0.4 is 22.7 Å². The van der Waals surface area contributed by atoms with E-state index in [0.29, 0.717) is 40.4 Å². The number of anilines is 3. The van der Waals surface area contributed by atoms with Crippen LogP contribution >= 0.6 is 11.6 Å². The van der Waals surface area contributed by atoms with Gasteiger partial charge in [0.15, 0.2) is 5.15 Å². The molecule has 16 heteroatoms. The molecule has 14 nitrogen and oxygen atoms in total. The van der Waals surface area contributed by atoms with Crippen molar-refractivity contribution >= 4 is 74.0 Å². The summed E-state index contributed by atoms with van der Waals surface area (Å²) in [6.07, 6.45) is 0. The first-order valence-electron chi connectivity index (χ1n) is 32.1. The SMILES string of the molecule is C.C.CN1Cc2cc(-c3ccc(N)nn3)ccc2C(c2ccc3ccccc3c2)C1.CN1Cc2cc(-c3ccc(N)nn3)ccc2[C@H](c2ccc3ccccc3c2)C1.CN1Cc2cc(B3OC(C)(C)C(C)(C)O3)ccc2C(c2ccc3ccccc3c2)C1.Nc1ccc(Cl)nn1. The fourth-order valence-electron chi connectivity index (χ4n) is 13.5. The van der Waals surface area contributed by atoms with Crippen molar-refractivity contribution in [2.24, 2.45) is 0 Å². The van der Waals surface area contributed by atoms with Crippen LogP contribution in [-0.2, 0) is 28.9 Å². The maximum atomic E-state index is 6.29. The smallest absolute Gasteiger partial charge is 0.399 e. The third-order valence-electron chi connectivity index (χ3n) is 19.1. The minimum absolute atomic E-state index is 0. The number of aromatic nitrogens is 6. The van der Waals surface area contributed by atoms with E-state index in [1.807, 2.05) is 12.1 Å². The van der Waals surface area contributed by atoms with Crippen molar-refractivity contribution in [1.82, 2.24) is 45.3 Å². The molecule has 0 radical (unpaired) electrons. The minimum atomic E-state index is -0.321. The fraction of sp³-hybridized carbons (Fsp3) is 0.250. The van der Waals surface area contributed by atoms with Crippen LogP contribution in [0.5, 0.6) is 0 Å². The van der Waals surface area contributed by atoms with E-state index in [2.05, 4.69) is 276 Å². The lowest BCUT2D eigenvalue weighted by Crippen LogP contribution is -2.41. The van der Waals surface area contributed by atoms with Gasteiger partial charge in [-0.15, -0.1) is 30.6 Å². The number of hydrogen-bond donors (Lipinski definition) is 3. The second kappa shape index (κ2) is 28.9. The van der Waals surface area contributed by atoms with Gasteiger partial charge in [-0.05, 0) is 185 Å². The summed E-state index contributed by atoms with van der Waals surface area (Å²) in [4.78, 5) is 7.19. The maximum Gasteiger partial charge on any atom is 0.494 e. The molecular weight excluding hydrogens is 1210 g/mol. The van der Waals surface area contributed by atoms with Crippen LogP contribution in [0.3, 0.4) is 0 Å². The number of nitrogens with two attached hydrogens (primary N) is 3. The number of nitrogens with zero attached hydrogens (tertiary/aromatic N) is 9. The van der Waals surface area contributed by atoms with Gasteiger partial charge in [0.05, 0.1) is 22.6 Å². The van der Waals surface area contributed by atoms with Crippen LogP contribution in [0.1, 0.15) is 110 Å². The first-order chi connectivity index (χ1) is 45.4. The van der Waals surface area contributed by atoms with Gasteiger partial charge in [0.25, 0.3) is 0 Å². The molecule has 488 valence electrons. The van der Waals surface area contributed by atoms with Gasteiger partial charge in [-0.1, -0.05) is 196 Å². The van der Waals surface area contributed by atoms with Crippen molar-refractivity contribution in [1.29, 1.82) is 0 Å². The number of likely N-dealkylation sites (N-methyl/N-ethyl adjacent to an activating group) is 3. The molecule has 0 aliphatic carbocycles. The van der Waals surface area contributed by atoms with Crippen LogP contribution in [0.2, 0.25) is 5.15 Å². The Labute approximate surface area is 570 Å². The van der Waals surface area contributed by atoms with Crippen LogP contribution in [0.25, 0.3) is 54.8 Å². The molecule has 9 aromatic carbocycles.